The lowest BCUT2D eigenvalue weighted by atomic mass is 9.89. The van der Waals surface area contributed by atoms with Crippen LogP contribution in [0.25, 0.3) is 0 Å². The van der Waals surface area contributed by atoms with Gasteiger partial charge in [0.1, 0.15) is 0 Å². The summed E-state index contributed by atoms with van der Waals surface area (Å²) in [6.07, 6.45) is 1.20. The Morgan fingerprint density at radius 2 is 2.09 bits per heavy atom. The average Bonchev–Trinajstić information content (AvgIpc) is 3.00. The molecule has 0 bridgehead atoms. The van der Waals surface area contributed by atoms with Crippen molar-refractivity contribution in [2.75, 3.05) is 39.4 Å². The second-order valence-corrected chi connectivity index (χ2v) is 6.82. The Kier molecular flexibility index (Phi) is 6.71. The minimum atomic E-state index is 0. The van der Waals surface area contributed by atoms with Crippen molar-refractivity contribution in [1.82, 2.24) is 10.2 Å². The van der Waals surface area contributed by atoms with Crippen molar-refractivity contribution in [2.24, 2.45) is 10.4 Å². The second kappa shape index (κ2) is 8.33. The van der Waals surface area contributed by atoms with Gasteiger partial charge in [-0.2, -0.15) is 0 Å². The number of nitrogens with zero attached hydrogens (tertiary/aromatic N) is 2. The maximum atomic E-state index is 5.33. The highest BCUT2D eigenvalue weighted by molar-refractivity contribution is 14.0. The van der Waals surface area contributed by atoms with Gasteiger partial charge in [0.15, 0.2) is 5.96 Å². The van der Waals surface area contributed by atoms with E-state index in [9.17, 15) is 0 Å². The van der Waals surface area contributed by atoms with E-state index < -0.39 is 0 Å². The highest BCUT2D eigenvalue weighted by Gasteiger charge is 2.34. The fourth-order valence-electron chi connectivity index (χ4n) is 3.18. The van der Waals surface area contributed by atoms with Gasteiger partial charge in [-0.15, -0.1) is 24.0 Å². The van der Waals surface area contributed by atoms with E-state index in [4.69, 9.17) is 9.73 Å². The Morgan fingerprint density at radius 3 is 2.70 bits per heavy atom. The van der Waals surface area contributed by atoms with Crippen LogP contribution in [0.5, 0.6) is 0 Å². The number of nitrogens with one attached hydrogen (secondary N) is 1. The Labute approximate surface area is 156 Å². The number of guanidine groups is 1. The second-order valence-electron chi connectivity index (χ2n) is 6.82. The molecule has 0 spiro atoms. The smallest absolute Gasteiger partial charge is 0.193 e. The predicted molar refractivity (Wildman–Crippen MR) is 106 cm³/mol. The van der Waals surface area contributed by atoms with Crippen LogP contribution < -0.4 is 5.32 Å². The molecule has 2 aliphatic rings. The summed E-state index contributed by atoms with van der Waals surface area (Å²) >= 11 is 0. The van der Waals surface area contributed by atoms with E-state index in [0.717, 1.165) is 45.4 Å². The van der Waals surface area contributed by atoms with Gasteiger partial charge < -0.3 is 15.0 Å². The molecule has 1 unspecified atom stereocenters. The molecule has 1 N–H and O–H groups in total. The number of halogens is 1. The van der Waals surface area contributed by atoms with Gasteiger partial charge in [-0.25, -0.2) is 0 Å². The van der Waals surface area contributed by atoms with Gasteiger partial charge in [0.2, 0.25) is 0 Å². The van der Waals surface area contributed by atoms with E-state index in [1.54, 1.807) is 0 Å². The molecular formula is C18H28IN3O. The molecule has 0 amide bonds. The summed E-state index contributed by atoms with van der Waals surface area (Å²) in [5.74, 6) is 1.68. The first kappa shape index (κ1) is 18.5. The van der Waals surface area contributed by atoms with E-state index in [0.29, 0.717) is 5.92 Å². The number of rotatable bonds is 4. The standard InChI is InChI=1S/C18H27N3O.HI/c1-3-19-17(20-12-18(2)13-22-14-18)21-10-9-16(11-21)15-7-5-4-6-8-15;/h4-8,16H,3,9-14H2,1-2H3,(H,19,20);1H. The average molecular weight is 429 g/mol. The minimum Gasteiger partial charge on any atom is -0.380 e. The first-order valence-electron chi connectivity index (χ1n) is 8.36. The molecule has 3 rings (SSSR count). The summed E-state index contributed by atoms with van der Waals surface area (Å²) in [6, 6.07) is 10.8. The number of benzene rings is 1. The van der Waals surface area contributed by atoms with E-state index in [1.165, 1.54) is 12.0 Å². The summed E-state index contributed by atoms with van der Waals surface area (Å²) < 4.78 is 5.33. The molecule has 1 aromatic rings. The van der Waals surface area contributed by atoms with Crippen LogP contribution in [0.15, 0.2) is 35.3 Å². The molecule has 4 nitrogen and oxygen atoms in total. The summed E-state index contributed by atoms with van der Waals surface area (Å²) in [4.78, 5) is 7.28. The predicted octanol–water partition coefficient (Wildman–Crippen LogP) is 3.10. The van der Waals surface area contributed by atoms with Crippen molar-refractivity contribution in [3.8, 4) is 0 Å². The highest BCUT2D eigenvalue weighted by Crippen LogP contribution is 2.28. The topological polar surface area (TPSA) is 36.9 Å². The maximum Gasteiger partial charge on any atom is 0.193 e. The van der Waals surface area contributed by atoms with E-state index in [2.05, 4.69) is 54.4 Å². The molecule has 2 fully saturated rings. The van der Waals surface area contributed by atoms with Crippen LogP contribution >= 0.6 is 24.0 Å². The molecule has 0 aromatic heterocycles. The summed E-state index contributed by atoms with van der Waals surface area (Å²) in [7, 11) is 0. The van der Waals surface area contributed by atoms with Gasteiger partial charge in [-0.05, 0) is 18.9 Å². The summed E-state index contributed by atoms with van der Waals surface area (Å²) in [5, 5.41) is 3.45. The normalized spacial score (nSPS) is 23.1. The van der Waals surface area contributed by atoms with E-state index in [-0.39, 0.29) is 29.4 Å². The van der Waals surface area contributed by atoms with Gasteiger partial charge in [0.25, 0.3) is 0 Å². The largest absolute Gasteiger partial charge is 0.380 e. The number of likely N-dealkylation sites (tertiary alicyclic amines) is 1. The third kappa shape index (κ3) is 4.59. The third-order valence-electron chi connectivity index (χ3n) is 4.61. The maximum absolute atomic E-state index is 5.33. The van der Waals surface area contributed by atoms with Crippen molar-refractivity contribution in [3.05, 3.63) is 35.9 Å². The highest BCUT2D eigenvalue weighted by atomic mass is 127. The fourth-order valence-corrected chi connectivity index (χ4v) is 3.18. The first-order chi connectivity index (χ1) is 10.7. The van der Waals surface area contributed by atoms with E-state index >= 15 is 0 Å². The van der Waals surface area contributed by atoms with Gasteiger partial charge in [-0.1, -0.05) is 37.3 Å². The monoisotopic (exact) mass is 429 g/mol. The molecule has 0 aliphatic carbocycles. The quantitative estimate of drug-likeness (QED) is 0.454. The Balaban J connectivity index is 0.00000192. The lowest BCUT2D eigenvalue weighted by Gasteiger charge is -2.37. The van der Waals surface area contributed by atoms with Crippen molar-refractivity contribution in [2.45, 2.75) is 26.2 Å². The third-order valence-corrected chi connectivity index (χ3v) is 4.61. The minimum absolute atomic E-state index is 0. The summed E-state index contributed by atoms with van der Waals surface area (Å²) in [6.45, 7) is 9.96. The molecule has 1 aromatic carbocycles. The van der Waals surface area contributed by atoms with Crippen LogP contribution in [0, 0.1) is 5.41 Å². The van der Waals surface area contributed by atoms with Crippen molar-refractivity contribution < 1.29 is 4.74 Å². The number of aliphatic imine (C=N–C) groups is 1. The lowest BCUT2D eigenvalue weighted by molar-refractivity contribution is -0.0945. The fraction of sp³-hybridized carbons (Fsp3) is 0.611. The van der Waals surface area contributed by atoms with Crippen LogP contribution in [-0.2, 0) is 4.74 Å². The van der Waals surface area contributed by atoms with Gasteiger partial charge in [-0.3, -0.25) is 4.99 Å². The molecular weight excluding hydrogens is 401 g/mol. The van der Waals surface area contributed by atoms with Gasteiger partial charge >= 0.3 is 0 Å². The number of ether oxygens (including phenoxy) is 1. The van der Waals surface area contributed by atoms with Crippen LogP contribution in [0.1, 0.15) is 31.7 Å². The van der Waals surface area contributed by atoms with Gasteiger partial charge in [0, 0.05) is 31.0 Å². The van der Waals surface area contributed by atoms with Gasteiger partial charge in [0.05, 0.1) is 19.8 Å². The summed E-state index contributed by atoms with van der Waals surface area (Å²) in [5.41, 5.74) is 1.68. The Hall–Kier alpha value is -0.820. The lowest BCUT2D eigenvalue weighted by Crippen LogP contribution is -2.45. The molecule has 0 radical (unpaired) electrons. The Morgan fingerprint density at radius 1 is 1.35 bits per heavy atom. The SMILES string of the molecule is CCNC(=NCC1(C)COC1)N1CCC(c2ccccc2)C1.I. The van der Waals surface area contributed by atoms with Crippen LogP contribution in [-0.4, -0.2) is 50.3 Å². The zero-order valence-corrected chi connectivity index (χ0v) is 16.5. The van der Waals surface area contributed by atoms with Crippen LogP contribution in [0.3, 0.4) is 0 Å². The van der Waals surface area contributed by atoms with Crippen LogP contribution in [0.2, 0.25) is 0 Å². The molecule has 5 heteroatoms. The molecule has 2 aliphatic heterocycles. The van der Waals surface area contributed by atoms with Crippen LogP contribution in [0.4, 0.5) is 0 Å². The molecule has 2 heterocycles. The molecule has 2 saturated heterocycles. The zero-order valence-electron chi connectivity index (χ0n) is 14.1. The molecule has 1 atom stereocenters. The van der Waals surface area contributed by atoms with Crippen molar-refractivity contribution in [1.29, 1.82) is 0 Å². The van der Waals surface area contributed by atoms with E-state index in [1.807, 2.05) is 0 Å². The molecule has 0 saturated carbocycles. The molecule has 23 heavy (non-hydrogen) atoms. The Bertz CT molecular complexity index is 516. The number of hydrogen-bond donors (Lipinski definition) is 1. The zero-order chi connectivity index (χ0) is 15.4. The first-order valence-corrected chi connectivity index (χ1v) is 8.36. The number of hydrogen-bond acceptors (Lipinski definition) is 2. The van der Waals surface area contributed by atoms with Crippen molar-refractivity contribution >= 4 is 29.9 Å². The van der Waals surface area contributed by atoms with Crippen molar-refractivity contribution in [3.63, 3.8) is 0 Å². The molecule has 128 valence electrons.